The van der Waals surface area contributed by atoms with Gasteiger partial charge in [-0.2, -0.15) is 0 Å². The SMILES string of the molecule is O=C1C(=Cc2ccc(Cl)cc2Cl)SC(=S)N1c1ccc2c(c1)OCO2. The number of nitrogens with zero attached hydrogens (tertiary/aromatic N) is 1. The first-order valence-electron chi connectivity index (χ1n) is 7.15. The van der Waals surface area contributed by atoms with Crippen molar-refractivity contribution < 1.29 is 14.3 Å². The van der Waals surface area contributed by atoms with E-state index in [-0.39, 0.29) is 12.7 Å². The van der Waals surface area contributed by atoms with E-state index in [1.165, 1.54) is 16.7 Å². The second-order valence-corrected chi connectivity index (χ2v) is 7.74. The predicted octanol–water partition coefficient (Wildman–Crippen LogP) is 5.13. The third-order valence-corrected chi connectivity index (χ3v) is 5.52. The molecule has 2 aromatic rings. The molecule has 2 aromatic carbocycles. The summed E-state index contributed by atoms with van der Waals surface area (Å²) in [5.41, 5.74) is 1.34. The van der Waals surface area contributed by atoms with Crippen molar-refractivity contribution in [3.05, 3.63) is 56.9 Å². The van der Waals surface area contributed by atoms with Crippen LogP contribution in [0.1, 0.15) is 5.56 Å². The summed E-state index contributed by atoms with van der Waals surface area (Å²) < 4.78 is 11.1. The first kappa shape index (κ1) is 16.7. The Hall–Kier alpha value is -1.73. The minimum Gasteiger partial charge on any atom is -0.454 e. The summed E-state index contributed by atoms with van der Waals surface area (Å²) in [4.78, 5) is 14.8. The van der Waals surface area contributed by atoms with Gasteiger partial charge in [0.15, 0.2) is 15.8 Å². The molecule has 0 saturated carbocycles. The lowest BCUT2D eigenvalue weighted by Crippen LogP contribution is -2.27. The van der Waals surface area contributed by atoms with Crippen LogP contribution >= 0.6 is 47.2 Å². The molecule has 0 unspecified atom stereocenters. The van der Waals surface area contributed by atoms with Crippen LogP contribution in [0.2, 0.25) is 10.0 Å². The van der Waals surface area contributed by atoms with Crippen molar-refractivity contribution in [2.45, 2.75) is 0 Å². The highest BCUT2D eigenvalue weighted by molar-refractivity contribution is 8.27. The summed E-state index contributed by atoms with van der Waals surface area (Å²) >= 11 is 18.7. The maximum atomic E-state index is 12.8. The summed E-state index contributed by atoms with van der Waals surface area (Å²) in [5, 5.41) is 1.01. The largest absolute Gasteiger partial charge is 0.454 e. The van der Waals surface area contributed by atoms with Gasteiger partial charge < -0.3 is 9.47 Å². The fourth-order valence-electron chi connectivity index (χ4n) is 2.47. The molecule has 4 rings (SSSR count). The number of halogens is 2. The van der Waals surface area contributed by atoms with Gasteiger partial charge in [-0.15, -0.1) is 0 Å². The smallest absolute Gasteiger partial charge is 0.270 e. The van der Waals surface area contributed by atoms with Crippen LogP contribution in [0, 0.1) is 0 Å². The van der Waals surface area contributed by atoms with Crippen molar-refractivity contribution in [1.29, 1.82) is 0 Å². The Morgan fingerprint density at radius 1 is 1.12 bits per heavy atom. The monoisotopic (exact) mass is 409 g/mol. The quantitative estimate of drug-likeness (QED) is 0.507. The molecule has 0 bridgehead atoms. The number of ether oxygens (including phenoxy) is 2. The molecule has 2 aliphatic heterocycles. The van der Waals surface area contributed by atoms with E-state index in [0.29, 0.717) is 42.0 Å². The van der Waals surface area contributed by atoms with Gasteiger partial charge in [0.1, 0.15) is 0 Å². The van der Waals surface area contributed by atoms with E-state index in [2.05, 4.69) is 0 Å². The van der Waals surface area contributed by atoms with Crippen molar-refractivity contribution >= 4 is 69.2 Å². The van der Waals surface area contributed by atoms with Crippen LogP contribution in [-0.2, 0) is 4.79 Å². The lowest BCUT2D eigenvalue weighted by atomic mass is 10.2. The van der Waals surface area contributed by atoms with E-state index in [1.54, 1.807) is 42.5 Å². The van der Waals surface area contributed by atoms with Gasteiger partial charge in [-0.25, -0.2) is 0 Å². The van der Waals surface area contributed by atoms with E-state index < -0.39 is 0 Å². The first-order valence-corrected chi connectivity index (χ1v) is 9.13. The fraction of sp³-hybridized carbons (Fsp3) is 0.0588. The highest BCUT2D eigenvalue weighted by atomic mass is 35.5. The first-order chi connectivity index (χ1) is 12.0. The second kappa shape index (κ2) is 6.53. The molecule has 1 amide bonds. The van der Waals surface area contributed by atoms with Crippen LogP contribution in [0.3, 0.4) is 0 Å². The molecule has 1 fully saturated rings. The van der Waals surface area contributed by atoms with Crippen molar-refractivity contribution in [3.63, 3.8) is 0 Å². The minimum absolute atomic E-state index is 0.173. The molecule has 0 N–H and O–H groups in total. The van der Waals surface area contributed by atoms with Gasteiger partial charge in [0.2, 0.25) is 6.79 Å². The Morgan fingerprint density at radius 2 is 1.92 bits per heavy atom. The zero-order chi connectivity index (χ0) is 17.6. The summed E-state index contributed by atoms with van der Waals surface area (Å²) in [6, 6.07) is 10.4. The van der Waals surface area contributed by atoms with Gasteiger partial charge in [-0.05, 0) is 35.9 Å². The van der Waals surface area contributed by atoms with E-state index in [9.17, 15) is 4.79 Å². The second-order valence-electron chi connectivity index (χ2n) is 5.22. The molecule has 2 heterocycles. The lowest BCUT2D eigenvalue weighted by Gasteiger charge is -2.14. The molecule has 25 heavy (non-hydrogen) atoms. The van der Waals surface area contributed by atoms with Gasteiger partial charge in [-0.3, -0.25) is 9.69 Å². The molecule has 0 atom stereocenters. The number of fused-ring (bicyclic) bond motifs is 1. The summed E-state index contributed by atoms with van der Waals surface area (Å²) in [7, 11) is 0. The van der Waals surface area contributed by atoms with E-state index >= 15 is 0 Å². The van der Waals surface area contributed by atoms with Crippen molar-refractivity contribution in [1.82, 2.24) is 0 Å². The zero-order valence-electron chi connectivity index (χ0n) is 12.5. The number of amides is 1. The number of anilines is 1. The number of thiocarbonyl (C=S) groups is 1. The van der Waals surface area contributed by atoms with Gasteiger partial charge in [0, 0.05) is 16.1 Å². The molecule has 126 valence electrons. The van der Waals surface area contributed by atoms with E-state index in [0.717, 1.165) is 0 Å². The fourth-order valence-corrected chi connectivity index (χ4v) is 4.23. The number of carbonyl (C=O) groups excluding carboxylic acids is 1. The van der Waals surface area contributed by atoms with Gasteiger partial charge in [0.25, 0.3) is 5.91 Å². The van der Waals surface area contributed by atoms with Crippen LogP contribution in [0.25, 0.3) is 6.08 Å². The number of benzene rings is 2. The summed E-state index contributed by atoms with van der Waals surface area (Å²) in [6.07, 6.45) is 1.71. The third kappa shape index (κ3) is 3.11. The molecule has 4 nitrogen and oxygen atoms in total. The Bertz CT molecular complexity index is 945. The number of hydrogen-bond donors (Lipinski definition) is 0. The van der Waals surface area contributed by atoms with Gasteiger partial charge >= 0.3 is 0 Å². The summed E-state index contributed by atoms with van der Waals surface area (Å²) in [6.45, 7) is 0.173. The van der Waals surface area contributed by atoms with Crippen molar-refractivity contribution in [2.24, 2.45) is 0 Å². The predicted molar refractivity (Wildman–Crippen MR) is 105 cm³/mol. The van der Waals surface area contributed by atoms with Crippen LogP contribution in [-0.4, -0.2) is 17.0 Å². The maximum Gasteiger partial charge on any atom is 0.270 e. The highest BCUT2D eigenvalue weighted by Gasteiger charge is 2.34. The third-order valence-electron chi connectivity index (χ3n) is 3.66. The number of carbonyl (C=O) groups is 1. The van der Waals surface area contributed by atoms with Crippen LogP contribution in [0.5, 0.6) is 11.5 Å². The summed E-state index contributed by atoms with van der Waals surface area (Å²) in [5.74, 6) is 1.04. The molecule has 0 aliphatic carbocycles. The Labute approximate surface area is 163 Å². The van der Waals surface area contributed by atoms with Crippen LogP contribution < -0.4 is 14.4 Å². The standard InChI is InChI=1S/C17H9Cl2NO3S2/c18-10-2-1-9(12(19)6-10)5-15-16(21)20(17(24)25-15)11-3-4-13-14(7-11)23-8-22-13/h1-7H,8H2. The molecule has 2 aliphatic rings. The molecular weight excluding hydrogens is 401 g/mol. The van der Waals surface area contributed by atoms with Crippen molar-refractivity contribution in [2.75, 3.05) is 11.7 Å². The number of thioether (sulfide) groups is 1. The lowest BCUT2D eigenvalue weighted by molar-refractivity contribution is -0.113. The molecule has 8 heteroatoms. The minimum atomic E-state index is -0.208. The molecule has 0 aromatic heterocycles. The molecule has 1 saturated heterocycles. The molecular formula is C17H9Cl2NO3S2. The van der Waals surface area contributed by atoms with Crippen LogP contribution in [0.4, 0.5) is 5.69 Å². The average Bonchev–Trinajstić information content (AvgIpc) is 3.14. The Kier molecular flexibility index (Phi) is 4.37. The Balaban J connectivity index is 1.67. The van der Waals surface area contributed by atoms with Crippen LogP contribution in [0.15, 0.2) is 41.3 Å². The van der Waals surface area contributed by atoms with Crippen molar-refractivity contribution in [3.8, 4) is 11.5 Å². The zero-order valence-corrected chi connectivity index (χ0v) is 15.6. The highest BCUT2D eigenvalue weighted by Crippen LogP contribution is 2.41. The Morgan fingerprint density at radius 3 is 2.72 bits per heavy atom. The average molecular weight is 410 g/mol. The maximum absolute atomic E-state index is 12.8. The van der Waals surface area contributed by atoms with E-state index in [1.807, 2.05) is 0 Å². The van der Waals surface area contributed by atoms with E-state index in [4.69, 9.17) is 44.9 Å². The number of hydrogen-bond acceptors (Lipinski definition) is 5. The topological polar surface area (TPSA) is 38.8 Å². The van der Waals surface area contributed by atoms with Gasteiger partial charge in [0.05, 0.1) is 10.6 Å². The molecule has 0 spiro atoms. The van der Waals surface area contributed by atoms with Gasteiger partial charge in [-0.1, -0.05) is 53.2 Å². The normalized spacial score (nSPS) is 17.7. The number of rotatable bonds is 2. The molecule has 0 radical (unpaired) electrons.